The summed E-state index contributed by atoms with van der Waals surface area (Å²) >= 11 is 0. The van der Waals surface area contributed by atoms with Gasteiger partial charge in [-0.15, -0.1) is 0 Å². The fourth-order valence-corrected chi connectivity index (χ4v) is 3.64. The van der Waals surface area contributed by atoms with Crippen molar-refractivity contribution in [3.05, 3.63) is 65.7 Å². The zero-order valence-corrected chi connectivity index (χ0v) is 15.0. The topological polar surface area (TPSA) is 41.0 Å². The van der Waals surface area contributed by atoms with E-state index in [1.54, 1.807) is 6.07 Å². The predicted octanol–water partition coefficient (Wildman–Crippen LogP) is 4.15. The molecule has 134 valence electrons. The average molecular weight is 350 g/mol. The summed E-state index contributed by atoms with van der Waals surface area (Å²) in [6.07, 6.45) is 3.63. The molecule has 2 heterocycles. The number of aryl methyl sites for hydroxylation is 1. The Morgan fingerprint density at radius 3 is 2.77 bits per heavy atom. The maximum atomic E-state index is 13.6. The number of nitrogens with zero attached hydrogens (tertiary/aromatic N) is 3. The van der Waals surface area contributed by atoms with Gasteiger partial charge in [0.2, 0.25) is 0 Å². The Kier molecular flexibility index (Phi) is 4.80. The number of rotatable bonds is 4. The number of hydrogen-bond donors (Lipinski definition) is 1. The third kappa shape index (κ3) is 3.83. The van der Waals surface area contributed by atoms with E-state index in [0.29, 0.717) is 6.04 Å². The van der Waals surface area contributed by atoms with Gasteiger partial charge >= 0.3 is 0 Å². The summed E-state index contributed by atoms with van der Waals surface area (Å²) in [4.78, 5) is 11.0. The van der Waals surface area contributed by atoms with Crippen molar-refractivity contribution in [3.8, 4) is 0 Å². The molecular formula is C21H23FN4. The van der Waals surface area contributed by atoms with Crippen molar-refractivity contribution in [2.45, 2.75) is 32.4 Å². The highest BCUT2D eigenvalue weighted by Gasteiger charge is 2.20. The Labute approximate surface area is 153 Å². The molecule has 1 fully saturated rings. The summed E-state index contributed by atoms with van der Waals surface area (Å²) < 4.78 is 13.6. The Bertz CT molecular complexity index is 903. The number of nitrogens with one attached hydrogen (secondary N) is 1. The van der Waals surface area contributed by atoms with Crippen molar-refractivity contribution in [3.63, 3.8) is 0 Å². The largest absolute Gasteiger partial charge is 0.367 e. The van der Waals surface area contributed by atoms with Gasteiger partial charge in [-0.3, -0.25) is 4.90 Å². The van der Waals surface area contributed by atoms with Crippen LogP contribution in [0, 0.1) is 12.7 Å². The Morgan fingerprint density at radius 1 is 1.12 bits per heavy atom. The van der Waals surface area contributed by atoms with E-state index in [0.717, 1.165) is 49.2 Å². The van der Waals surface area contributed by atoms with Crippen molar-refractivity contribution in [2.75, 3.05) is 18.4 Å². The van der Waals surface area contributed by atoms with Crippen LogP contribution in [-0.2, 0) is 6.54 Å². The third-order valence-electron chi connectivity index (χ3n) is 5.01. The Morgan fingerprint density at radius 2 is 1.96 bits per heavy atom. The highest BCUT2D eigenvalue weighted by molar-refractivity contribution is 5.88. The zero-order valence-electron chi connectivity index (χ0n) is 15.0. The molecule has 2 aromatic carbocycles. The van der Waals surface area contributed by atoms with Crippen molar-refractivity contribution >= 4 is 16.7 Å². The molecule has 0 radical (unpaired) electrons. The van der Waals surface area contributed by atoms with E-state index in [2.05, 4.69) is 51.4 Å². The fraction of sp³-hybridized carbons (Fsp3) is 0.333. The van der Waals surface area contributed by atoms with Gasteiger partial charge in [0.05, 0.1) is 5.52 Å². The van der Waals surface area contributed by atoms with Crippen molar-refractivity contribution < 1.29 is 4.39 Å². The second-order valence-electron chi connectivity index (χ2n) is 7.07. The van der Waals surface area contributed by atoms with Crippen LogP contribution in [0.4, 0.5) is 10.2 Å². The molecule has 0 aliphatic carbocycles. The summed E-state index contributed by atoms with van der Waals surface area (Å²) in [7, 11) is 0. The lowest BCUT2D eigenvalue weighted by Crippen LogP contribution is -2.38. The lowest BCUT2D eigenvalue weighted by molar-refractivity contribution is 0.211. The van der Waals surface area contributed by atoms with Gasteiger partial charge in [0.25, 0.3) is 0 Å². The average Bonchev–Trinajstić information content (AvgIpc) is 2.64. The predicted molar refractivity (Wildman–Crippen MR) is 103 cm³/mol. The van der Waals surface area contributed by atoms with Crippen LogP contribution in [-0.4, -0.2) is 34.0 Å². The molecule has 1 aliphatic heterocycles. The number of likely N-dealkylation sites (tertiary alicyclic amines) is 1. The lowest BCUT2D eigenvalue weighted by Gasteiger charge is -2.32. The van der Waals surface area contributed by atoms with Gasteiger partial charge in [-0.2, -0.15) is 0 Å². The van der Waals surface area contributed by atoms with Gasteiger partial charge < -0.3 is 5.32 Å². The molecule has 4 nitrogen and oxygen atoms in total. The van der Waals surface area contributed by atoms with Crippen molar-refractivity contribution in [1.29, 1.82) is 0 Å². The minimum atomic E-state index is -0.261. The number of aromatic nitrogens is 2. The standard InChI is InChI=1S/C21H23FN4/c1-15-3-2-4-16(11-15)13-26-9-7-18(8-10-26)25-21-19-12-17(22)5-6-20(19)23-14-24-21/h2-6,11-12,14,18H,7-10,13H2,1H3,(H,23,24,25). The first-order valence-electron chi connectivity index (χ1n) is 9.12. The molecule has 0 atom stereocenters. The van der Waals surface area contributed by atoms with Crippen molar-refractivity contribution in [1.82, 2.24) is 14.9 Å². The highest BCUT2D eigenvalue weighted by atomic mass is 19.1. The fourth-order valence-electron chi connectivity index (χ4n) is 3.64. The summed E-state index contributed by atoms with van der Waals surface area (Å²) in [5.74, 6) is 0.468. The molecule has 1 aromatic heterocycles. The molecule has 0 saturated carbocycles. The Balaban J connectivity index is 1.39. The summed E-state index contributed by atoms with van der Waals surface area (Å²) in [5, 5.41) is 4.25. The quantitative estimate of drug-likeness (QED) is 0.767. The highest BCUT2D eigenvalue weighted by Crippen LogP contribution is 2.23. The van der Waals surface area contributed by atoms with E-state index in [9.17, 15) is 4.39 Å². The molecule has 1 aliphatic rings. The van der Waals surface area contributed by atoms with Gasteiger partial charge in [-0.25, -0.2) is 14.4 Å². The van der Waals surface area contributed by atoms with Crippen LogP contribution in [0.25, 0.3) is 10.9 Å². The van der Waals surface area contributed by atoms with E-state index in [1.807, 2.05) is 0 Å². The molecule has 26 heavy (non-hydrogen) atoms. The molecular weight excluding hydrogens is 327 g/mol. The number of piperidine rings is 1. The number of fused-ring (bicyclic) bond motifs is 1. The number of halogens is 1. The molecule has 5 heteroatoms. The van der Waals surface area contributed by atoms with Crippen LogP contribution >= 0.6 is 0 Å². The van der Waals surface area contributed by atoms with Crippen molar-refractivity contribution in [2.24, 2.45) is 0 Å². The summed E-state index contributed by atoms with van der Waals surface area (Å²) in [6, 6.07) is 13.7. The minimum absolute atomic E-state index is 0.261. The molecule has 0 unspecified atom stereocenters. The van der Waals surface area contributed by atoms with Crippen LogP contribution in [0.1, 0.15) is 24.0 Å². The smallest absolute Gasteiger partial charge is 0.137 e. The van der Waals surface area contributed by atoms with Gasteiger partial charge in [0.15, 0.2) is 0 Å². The molecule has 0 bridgehead atoms. The molecule has 0 spiro atoms. The van der Waals surface area contributed by atoms with E-state index in [4.69, 9.17) is 0 Å². The van der Waals surface area contributed by atoms with E-state index >= 15 is 0 Å². The van der Waals surface area contributed by atoms with Gasteiger partial charge in [0.1, 0.15) is 18.0 Å². The molecule has 3 aromatic rings. The summed E-state index contributed by atoms with van der Waals surface area (Å²) in [6.45, 7) is 5.22. The van der Waals surface area contributed by atoms with Crippen LogP contribution in [0.3, 0.4) is 0 Å². The normalized spacial score (nSPS) is 16.1. The SMILES string of the molecule is Cc1cccc(CN2CCC(Nc3ncnc4ccc(F)cc34)CC2)c1. The minimum Gasteiger partial charge on any atom is -0.367 e. The maximum absolute atomic E-state index is 13.6. The maximum Gasteiger partial charge on any atom is 0.137 e. The van der Waals surface area contributed by atoms with Gasteiger partial charge in [0, 0.05) is 31.1 Å². The monoisotopic (exact) mass is 350 g/mol. The number of anilines is 1. The second kappa shape index (κ2) is 7.38. The summed E-state index contributed by atoms with van der Waals surface area (Å²) in [5.41, 5.74) is 3.44. The Hall–Kier alpha value is -2.53. The third-order valence-corrected chi connectivity index (χ3v) is 5.01. The van der Waals surface area contributed by atoms with Crippen LogP contribution < -0.4 is 5.32 Å². The number of hydrogen-bond acceptors (Lipinski definition) is 4. The first kappa shape index (κ1) is 16.9. The van der Waals surface area contributed by atoms with Crippen LogP contribution in [0.15, 0.2) is 48.8 Å². The zero-order chi connectivity index (χ0) is 17.9. The van der Waals surface area contributed by atoms with Gasteiger partial charge in [-0.05, 0) is 43.5 Å². The first-order valence-corrected chi connectivity index (χ1v) is 9.12. The van der Waals surface area contributed by atoms with Crippen LogP contribution in [0.2, 0.25) is 0 Å². The molecule has 1 saturated heterocycles. The molecule has 0 amide bonds. The molecule has 4 rings (SSSR count). The van der Waals surface area contributed by atoms with Gasteiger partial charge in [-0.1, -0.05) is 29.8 Å². The lowest BCUT2D eigenvalue weighted by atomic mass is 10.0. The van der Waals surface area contributed by atoms with E-state index < -0.39 is 0 Å². The van der Waals surface area contributed by atoms with Crippen LogP contribution in [0.5, 0.6) is 0 Å². The van der Waals surface area contributed by atoms with E-state index in [1.165, 1.54) is 29.6 Å². The molecule has 1 N–H and O–H groups in total. The first-order chi connectivity index (χ1) is 12.7. The van der Waals surface area contributed by atoms with E-state index in [-0.39, 0.29) is 5.82 Å². The number of benzene rings is 2. The second-order valence-corrected chi connectivity index (χ2v) is 7.07.